The van der Waals surface area contributed by atoms with Crippen molar-refractivity contribution in [1.29, 1.82) is 0 Å². The largest absolute Gasteiger partial charge is 0.457 e. The third kappa shape index (κ3) is 2.68. The number of carbonyl (C=O) groups excluding carboxylic acids is 1. The Morgan fingerprint density at radius 3 is 2.64 bits per heavy atom. The van der Waals surface area contributed by atoms with Crippen LogP contribution in [0.2, 0.25) is 0 Å². The van der Waals surface area contributed by atoms with Gasteiger partial charge in [0.1, 0.15) is 6.54 Å². The van der Waals surface area contributed by atoms with E-state index in [2.05, 4.69) is 4.42 Å². The highest BCUT2D eigenvalue weighted by Crippen LogP contribution is 2.15. The number of rotatable bonds is 2. The summed E-state index contributed by atoms with van der Waals surface area (Å²) in [5.41, 5.74) is 5.25. The topological polar surface area (TPSA) is 68.3 Å². The van der Waals surface area contributed by atoms with Crippen molar-refractivity contribution in [2.45, 2.75) is 6.18 Å². The van der Waals surface area contributed by atoms with Crippen LogP contribution in [-0.2, 0) is 0 Å². The Morgan fingerprint density at radius 1 is 1.57 bits per heavy atom. The van der Waals surface area contributed by atoms with Crippen molar-refractivity contribution in [3.63, 3.8) is 0 Å². The third-order valence-corrected chi connectivity index (χ3v) is 1.35. The zero-order valence-electron chi connectivity index (χ0n) is 6.89. The highest BCUT2D eigenvalue weighted by molar-refractivity contribution is 5.96. The molecule has 1 rings (SSSR count). The lowest BCUT2D eigenvalue weighted by atomic mass is 10.3. The predicted octanol–water partition coefficient (Wildman–Crippen LogP) is 1.15. The summed E-state index contributed by atoms with van der Waals surface area (Å²) in [6.07, 6.45) is -3.32. The van der Waals surface area contributed by atoms with Gasteiger partial charge in [0, 0.05) is 6.07 Å². The van der Waals surface area contributed by atoms with Crippen LogP contribution in [0.4, 0.5) is 18.9 Å². The lowest BCUT2D eigenvalue weighted by Gasteiger charge is -2.06. The fourth-order valence-electron chi connectivity index (χ4n) is 0.764. The van der Waals surface area contributed by atoms with Gasteiger partial charge in [0.05, 0.1) is 12.0 Å². The summed E-state index contributed by atoms with van der Waals surface area (Å²) in [5, 5.41) is 1.63. The van der Waals surface area contributed by atoms with E-state index in [0.29, 0.717) is 0 Å². The molecule has 4 nitrogen and oxygen atoms in total. The molecule has 3 N–H and O–H groups in total. The second kappa shape index (κ2) is 3.60. The standard InChI is InChI=1S/C7H7F3N2O2/c8-7(9,10)3-12-6(13)5-4(11)1-2-14-5/h1-2H,3,11H2,(H,12,13). The fourth-order valence-corrected chi connectivity index (χ4v) is 0.764. The molecule has 7 heteroatoms. The summed E-state index contributed by atoms with van der Waals surface area (Å²) in [6, 6.07) is 1.28. The van der Waals surface area contributed by atoms with Gasteiger partial charge in [-0.2, -0.15) is 13.2 Å². The van der Waals surface area contributed by atoms with E-state index >= 15 is 0 Å². The summed E-state index contributed by atoms with van der Waals surface area (Å²) in [7, 11) is 0. The van der Waals surface area contributed by atoms with E-state index in [1.54, 1.807) is 5.32 Å². The average Bonchev–Trinajstić information content (AvgIpc) is 2.46. The van der Waals surface area contributed by atoms with Crippen LogP contribution in [0.5, 0.6) is 0 Å². The maximum absolute atomic E-state index is 11.7. The zero-order chi connectivity index (χ0) is 10.8. The number of nitrogens with two attached hydrogens (primary N) is 1. The van der Waals surface area contributed by atoms with Crippen molar-refractivity contribution < 1.29 is 22.4 Å². The Bertz CT molecular complexity index is 332. The van der Waals surface area contributed by atoms with Crippen LogP contribution in [0.1, 0.15) is 10.6 Å². The van der Waals surface area contributed by atoms with Crippen LogP contribution in [0.3, 0.4) is 0 Å². The molecule has 14 heavy (non-hydrogen) atoms. The van der Waals surface area contributed by atoms with Crippen LogP contribution >= 0.6 is 0 Å². The molecule has 0 aliphatic rings. The number of amides is 1. The van der Waals surface area contributed by atoms with E-state index < -0.39 is 18.6 Å². The molecule has 1 aromatic rings. The van der Waals surface area contributed by atoms with Gasteiger partial charge in [-0.1, -0.05) is 0 Å². The lowest BCUT2D eigenvalue weighted by molar-refractivity contribution is -0.123. The van der Waals surface area contributed by atoms with Gasteiger partial charge < -0.3 is 15.5 Å². The summed E-state index contributed by atoms with van der Waals surface area (Å²) in [4.78, 5) is 11.0. The Kier molecular flexibility index (Phi) is 2.68. The van der Waals surface area contributed by atoms with Crippen molar-refractivity contribution in [1.82, 2.24) is 5.32 Å². The highest BCUT2D eigenvalue weighted by Gasteiger charge is 2.28. The first-order valence-corrected chi connectivity index (χ1v) is 3.58. The van der Waals surface area contributed by atoms with Crippen LogP contribution in [-0.4, -0.2) is 18.6 Å². The summed E-state index contributed by atoms with van der Waals surface area (Å²) >= 11 is 0. The Balaban J connectivity index is 2.56. The average molecular weight is 208 g/mol. The molecule has 0 unspecified atom stereocenters. The molecule has 1 heterocycles. The number of anilines is 1. The molecular formula is C7H7F3N2O2. The molecule has 1 amide bonds. The number of hydrogen-bond donors (Lipinski definition) is 2. The molecule has 0 fully saturated rings. The Labute approximate surface area is 76.9 Å². The van der Waals surface area contributed by atoms with Crippen molar-refractivity contribution in [2.75, 3.05) is 12.3 Å². The monoisotopic (exact) mass is 208 g/mol. The van der Waals surface area contributed by atoms with E-state index in [-0.39, 0.29) is 11.4 Å². The summed E-state index contributed by atoms with van der Waals surface area (Å²) < 4.78 is 39.6. The van der Waals surface area contributed by atoms with Crippen molar-refractivity contribution in [3.05, 3.63) is 18.1 Å². The van der Waals surface area contributed by atoms with E-state index in [4.69, 9.17) is 5.73 Å². The minimum absolute atomic E-state index is 0.00433. The highest BCUT2D eigenvalue weighted by atomic mass is 19.4. The van der Waals surface area contributed by atoms with Gasteiger partial charge in [0.15, 0.2) is 0 Å². The smallest absolute Gasteiger partial charge is 0.405 e. The number of halogens is 3. The Morgan fingerprint density at radius 2 is 2.21 bits per heavy atom. The number of hydrogen-bond acceptors (Lipinski definition) is 3. The second-order valence-corrected chi connectivity index (χ2v) is 2.50. The Hall–Kier alpha value is -1.66. The second-order valence-electron chi connectivity index (χ2n) is 2.50. The molecular weight excluding hydrogens is 201 g/mol. The third-order valence-electron chi connectivity index (χ3n) is 1.35. The minimum atomic E-state index is -4.45. The van der Waals surface area contributed by atoms with Crippen LogP contribution in [0.15, 0.2) is 16.7 Å². The molecule has 0 radical (unpaired) electrons. The minimum Gasteiger partial charge on any atom is -0.457 e. The van der Waals surface area contributed by atoms with Gasteiger partial charge in [-0.15, -0.1) is 0 Å². The van der Waals surface area contributed by atoms with Gasteiger partial charge in [0.2, 0.25) is 5.76 Å². The van der Waals surface area contributed by atoms with Gasteiger partial charge >= 0.3 is 6.18 Å². The maximum atomic E-state index is 11.7. The van der Waals surface area contributed by atoms with Crippen LogP contribution in [0, 0.1) is 0 Å². The molecule has 0 atom stereocenters. The molecule has 78 valence electrons. The van der Waals surface area contributed by atoms with E-state index in [1.165, 1.54) is 6.07 Å². The van der Waals surface area contributed by atoms with Crippen LogP contribution in [0.25, 0.3) is 0 Å². The van der Waals surface area contributed by atoms with E-state index in [1.807, 2.05) is 0 Å². The quantitative estimate of drug-likeness (QED) is 0.766. The fraction of sp³-hybridized carbons (Fsp3) is 0.286. The van der Waals surface area contributed by atoms with Gasteiger partial charge in [-0.3, -0.25) is 4.79 Å². The molecule has 0 saturated carbocycles. The van der Waals surface area contributed by atoms with Gasteiger partial charge in [0.25, 0.3) is 5.91 Å². The molecule has 0 aromatic carbocycles. The first-order chi connectivity index (χ1) is 6.40. The summed E-state index contributed by atoms with van der Waals surface area (Å²) in [6.45, 7) is -1.41. The molecule has 0 bridgehead atoms. The first-order valence-electron chi connectivity index (χ1n) is 3.58. The van der Waals surface area contributed by atoms with Gasteiger partial charge in [-0.05, 0) is 0 Å². The van der Waals surface area contributed by atoms with Crippen molar-refractivity contribution in [2.24, 2.45) is 0 Å². The molecule has 0 spiro atoms. The van der Waals surface area contributed by atoms with Crippen LogP contribution < -0.4 is 11.1 Å². The molecule has 0 aliphatic carbocycles. The number of carbonyl (C=O) groups is 1. The molecule has 0 aliphatic heterocycles. The predicted molar refractivity (Wildman–Crippen MR) is 41.5 cm³/mol. The number of furan rings is 1. The molecule has 0 saturated heterocycles. The lowest BCUT2D eigenvalue weighted by Crippen LogP contribution is -2.33. The first kappa shape index (κ1) is 10.4. The van der Waals surface area contributed by atoms with Crippen molar-refractivity contribution >= 4 is 11.6 Å². The van der Waals surface area contributed by atoms with E-state index in [0.717, 1.165) is 6.26 Å². The number of nitrogens with one attached hydrogen (secondary N) is 1. The number of nitrogen functional groups attached to an aromatic ring is 1. The normalized spacial score (nSPS) is 11.4. The van der Waals surface area contributed by atoms with E-state index in [9.17, 15) is 18.0 Å². The SMILES string of the molecule is Nc1ccoc1C(=O)NCC(F)(F)F. The maximum Gasteiger partial charge on any atom is 0.405 e. The summed E-state index contributed by atoms with van der Waals surface area (Å²) in [5.74, 6) is -1.29. The zero-order valence-corrected chi connectivity index (χ0v) is 6.89. The molecule has 1 aromatic heterocycles. The van der Waals surface area contributed by atoms with Crippen molar-refractivity contribution in [3.8, 4) is 0 Å². The number of alkyl halides is 3. The van der Waals surface area contributed by atoms with Gasteiger partial charge in [-0.25, -0.2) is 0 Å².